The summed E-state index contributed by atoms with van der Waals surface area (Å²) >= 11 is 0. The molecule has 2 aliphatic heterocycles. The number of carbonyl (C=O) groups excluding carboxylic acids is 1. The molecule has 7 heteroatoms. The topological polar surface area (TPSA) is 74.5 Å². The number of nitrogens with zero attached hydrogens (tertiary/aromatic N) is 5. The number of aromatic nitrogens is 3. The molecule has 2 saturated heterocycles. The van der Waals surface area contributed by atoms with Crippen molar-refractivity contribution in [2.24, 2.45) is 5.92 Å². The van der Waals surface area contributed by atoms with E-state index in [4.69, 9.17) is 0 Å². The monoisotopic (exact) mass is 383 g/mol. The molecule has 1 N–H and O–H groups in total. The van der Waals surface area contributed by atoms with Crippen LogP contribution in [0.1, 0.15) is 42.5 Å². The third kappa shape index (κ3) is 4.52. The number of amides is 1. The Morgan fingerprint density at radius 1 is 1.11 bits per heavy atom. The molecule has 0 aliphatic carbocycles. The second-order valence-corrected chi connectivity index (χ2v) is 7.92. The molecule has 0 atom stereocenters. The molecule has 4 heterocycles. The van der Waals surface area contributed by atoms with E-state index in [1.165, 1.54) is 0 Å². The molecule has 2 aromatic rings. The Morgan fingerprint density at radius 3 is 2.54 bits per heavy atom. The Balaban J connectivity index is 1.26. The Morgan fingerprint density at radius 2 is 1.89 bits per heavy atom. The van der Waals surface area contributed by atoms with Crippen molar-refractivity contribution in [3.63, 3.8) is 0 Å². The van der Waals surface area contributed by atoms with Gasteiger partial charge in [-0.15, -0.1) is 0 Å². The van der Waals surface area contributed by atoms with Gasteiger partial charge in [0.25, 0.3) is 5.91 Å². The molecule has 0 spiro atoms. The summed E-state index contributed by atoms with van der Waals surface area (Å²) in [4.78, 5) is 21.4. The van der Waals surface area contributed by atoms with Crippen LogP contribution in [0.15, 0.2) is 36.8 Å². The van der Waals surface area contributed by atoms with Gasteiger partial charge < -0.3 is 14.9 Å². The van der Waals surface area contributed by atoms with Crippen molar-refractivity contribution in [3.05, 3.63) is 42.4 Å². The molecule has 7 nitrogen and oxygen atoms in total. The highest BCUT2D eigenvalue weighted by Gasteiger charge is 2.24. The number of hydrogen-bond donors (Lipinski definition) is 1. The van der Waals surface area contributed by atoms with E-state index in [2.05, 4.69) is 15.0 Å². The van der Waals surface area contributed by atoms with Gasteiger partial charge in [0.1, 0.15) is 5.82 Å². The minimum Gasteiger partial charge on any atom is -0.393 e. The van der Waals surface area contributed by atoms with Gasteiger partial charge >= 0.3 is 0 Å². The molecule has 0 bridgehead atoms. The Kier molecular flexibility index (Phi) is 5.90. The van der Waals surface area contributed by atoms with Crippen LogP contribution in [0.5, 0.6) is 0 Å². The number of likely N-dealkylation sites (tertiary alicyclic amines) is 1. The summed E-state index contributed by atoms with van der Waals surface area (Å²) in [6.07, 6.45) is 10.1. The zero-order valence-corrected chi connectivity index (χ0v) is 16.3. The van der Waals surface area contributed by atoms with Crippen LogP contribution in [0.2, 0.25) is 0 Å². The maximum Gasteiger partial charge on any atom is 0.255 e. The molecule has 4 rings (SSSR count). The van der Waals surface area contributed by atoms with Crippen molar-refractivity contribution in [2.45, 2.75) is 44.8 Å². The van der Waals surface area contributed by atoms with Gasteiger partial charge in [-0.25, -0.2) is 4.98 Å². The largest absolute Gasteiger partial charge is 0.393 e. The number of pyridine rings is 1. The number of aliphatic hydroxyl groups is 1. The summed E-state index contributed by atoms with van der Waals surface area (Å²) < 4.78 is 1.98. The highest BCUT2D eigenvalue weighted by molar-refractivity contribution is 5.94. The lowest BCUT2D eigenvalue weighted by atomic mass is 9.93. The second-order valence-electron chi connectivity index (χ2n) is 7.92. The highest BCUT2D eigenvalue weighted by atomic mass is 16.3. The maximum atomic E-state index is 12.8. The van der Waals surface area contributed by atoms with Gasteiger partial charge in [0.15, 0.2) is 0 Å². The SMILES string of the molecule is O=C(c1ccc(N2CCC(O)CC2)nc1)N1CCC(CCn2cccn2)CC1. The van der Waals surface area contributed by atoms with E-state index in [1.54, 1.807) is 6.20 Å². The molecule has 0 radical (unpaired) electrons. The van der Waals surface area contributed by atoms with Crippen LogP contribution in [0, 0.1) is 5.92 Å². The second kappa shape index (κ2) is 8.73. The van der Waals surface area contributed by atoms with E-state index in [0.717, 1.165) is 70.6 Å². The van der Waals surface area contributed by atoms with Gasteiger partial charge in [-0.3, -0.25) is 9.48 Å². The molecule has 2 aliphatic rings. The van der Waals surface area contributed by atoms with Crippen LogP contribution in [-0.2, 0) is 6.54 Å². The number of aliphatic hydroxyl groups excluding tert-OH is 1. The lowest BCUT2D eigenvalue weighted by molar-refractivity contribution is 0.0684. The third-order valence-corrected chi connectivity index (χ3v) is 6.01. The van der Waals surface area contributed by atoms with Crippen LogP contribution >= 0.6 is 0 Å². The lowest BCUT2D eigenvalue weighted by Crippen LogP contribution is -2.39. The summed E-state index contributed by atoms with van der Waals surface area (Å²) in [7, 11) is 0. The first-order valence-electron chi connectivity index (χ1n) is 10.3. The number of hydrogen-bond acceptors (Lipinski definition) is 5. The number of anilines is 1. The van der Waals surface area contributed by atoms with E-state index in [1.807, 2.05) is 40.2 Å². The van der Waals surface area contributed by atoms with Gasteiger partial charge in [-0.1, -0.05) is 0 Å². The quantitative estimate of drug-likeness (QED) is 0.857. The summed E-state index contributed by atoms with van der Waals surface area (Å²) in [6.45, 7) is 4.20. The molecule has 28 heavy (non-hydrogen) atoms. The molecule has 0 unspecified atom stereocenters. The van der Waals surface area contributed by atoms with Crippen LogP contribution in [0.3, 0.4) is 0 Å². The summed E-state index contributed by atoms with van der Waals surface area (Å²) in [6, 6.07) is 5.77. The Labute approximate surface area is 166 Å². The molecule has 2 fully saturated rings. The van der Waals surface area contributed by atoms with Crippen molar-refractivity contribution < 1.29 is 9.90 Å². The zero-order valence-electron chi connectivity index (χ0n) is 16.3. The van der Waals surface area contributed by atoms with E-state index >= 15 is 0 Å². The fourth-order valence-corrected chi connectivity index (χ4v) is 4.15. The minimum atomic E-state index is -0.195. The first-order valence-corrected chi connectivity index (χ1v) is 10.3. The Bertz CT molecular complexity index is 746. The lowest BCUT2D eigenvalue weighted by Gasteiger charge is -2.32. The number of rotatable bonds is 5. The van der Waals surface area contributed by atoms with E-state index in [0.29, 0.717) is 11.5 Å². The van der Waals surface area contributed by atoms with Crippen molar-refractivity contribution in [3.8, 4) is 0 Å². The minimum absolute atomic E-state index is 0.0821. The molecular weight excluding hydrogens is 354 g/mol. The molecule has 0 saturated carbocycles. The van der Waals surface area contributed by atoms with Gasteiger partial charge in [0.2, 0.25) is 0 Å². The highest BCUT2D eigenvalue weighted by Crippen LogP contribution is 2.23. The third-order valence-electron chi connectivity index (χ3n) is 6.01. The van der Waals surface area contributed by atoms with Crippen molar-refractivity contribution >= 4 is 11.7 Å². The fourth-order valence-electron chi connectivity index (χ4n) is 4.15. The number of piperidine rings is 2. The van der Waals surface area contributed by atoms with Crippen molar-refractivity contribution in [1.82, 2.24) is 19.7 Å². The van der Waals surface area contributed by atoms with Crippen molar-refractivity contribution in [2.75, 3.05) is 31.1 Å². The van der Waals surface area contributed by atoms with E-state index in [9.17, 15) is 9.90 Å². The maximum absolute atomic E-state index is 12.8. The first kappa shape index (κ1) is 18.9. The van der Waals surface area contributed by atoms with Crippen LogP contribution in [0.4, 0.5) is 5.82 Å². The standard InChI is InChI=1S/C21H29N5O2/c27-19-7-13-24(14-8-19)20-3-2-18(16-22-20)21(28)25-11-4-17(5-12-25)6-15-26-10-1-9-23-26/h1-3,9-10,16-17,19,27H,4-8,11-15H2. The van der Waals surface area contributed by atoms with Crippen molar-refractivity contribution in [1.29, 1.82) is 0 Å². The molecule has 2 aromatic heterocycles. The molecular formula is C21H29N5O2. The summed E-state index contributed by atoms with van der Waals surface area (Å²) in [5, 5.41) is 13.9. The Hall–Kier alpha value is -2.41. The summed E-state index contributed by atoms with van der Waals surface area (Å²) in [5.74, 6) is 1.63. The predicted molar refractivity (Wildman–Crippen MR) is 107 cm³/mol. The normalized spacial score (nSPS) is 19.2. The number of aryl methyl sites for hydroxylation is 1. The van der Waals surface area contributed by atoms with Crippen LogP contribution < -0.4 is 4.90 Å². The predicted octanol–water partition coefficient (Wildman–Crippen LogP) is 2.18. The van der Waals surface area contributed by atoms with E-state index in [-0.39, 0.29) is 12.0 Å². The van der Waals surface area contributed by atoms with Gasteiger partial charge in [0, 0.05) is 51.3 Å². The van der Waals surface area contributed by atoms with E-state index < -0.39 is 0 Å². The van der Waals surface area contributed by atoms with Crippen LogP contribution in [0.25, 0.3) is 0 Å². The van der Waals surface area contributed by atoms with Gasteiger partial charge in [-0.2, -0.15) is 5.10 Å². The smallest absolute Gasteiger partial charge is 0.255 e. The molecule has 0 aromatic carbocycles. The molecule has 150 valence electrons. The van der Waals surface area contributed by atoms with Gasteiger partial charge in [0.05, 0.1) is 11.7 Å². The first-order chi connectivity index (χ1) is 13.7. The summed E-state index contributed by atoms with van der Waals surface area (Å²) in [5.41, 5.74) is 0.663. The number of carbonyl (C=O) groups is 1. The van der Waals surface area contributed by atoms with Gasteiger partial charge in [-0.05, 0) is 56.2 Å². The molecule has 1 amide bonds. The average Bonchev–Trinajstić information content (AvgIpc) is 3.27. The average molecular weight is 383 g/mol. The zero-order chi connectivity index (χ0) is 19.3. The fraction of sp³-hybridized carbons (Fsp3) is 0.571. The van der Waals surface area contributed by atoms with Crippen LogP contribution in [-0.4, -0.2) is 63.0 Å².